The Labute approximate surface area is 150 Å². The molecule has 1 fully saturated rings. The minimum Gasteiger partial charge on any atom is -0.493 e. The highest BCUT2D eigenvalue weighted by Crippen LogP contribution is 2.27. The number of nitrogens with one attached hydrogen (secondary N) is 1. The zero-order valence-corrected chi connectivity index (χ0v) is 15.6. The molecule has 1 saturated heterocycles. The minimum atomic E-state index is -0.429. The van der Waals surface area contributed by atoms with Crippen LogP contribution >= 0.6 is 0 Å². The van der Waals surface area contributed by atoms with Crippen molar-refractivity contribution in [3.63, 3.8) is 0 Å². The second-order valence-electron chi connectivity index (χ2n) is 6.87. The van der Waals surface area contributed by atoms with Crippen LogP contribution in [-0.4, -0.2) is 55.4 Å². The third-order valence-electron chi connectivity index (χ3n) is 4.86. The van der Waals surface area contributed by atoms with Gasteiger partial charge in [-0.3, -0.25) is 9.69 Å². The molecule has 0 bridgehead atoms. The molecule has 0 aromatic heterocycles. The molecule has 140 valence electrons. The van der Waals surface area contributed by atoms with Crippen LogP contribution in [0.4, 0.5) is 0 Å². The SMILES string of the molecule is COc1ccc(CNC(=O)CN2CC[C@H](C)C[C@H]2[C@@H](C)O)cc1OC. The molecule has 0 saturated carbocycles. The number of hydrogen-bond acceptors (Lipinski definition) is 5. The summed E-state index contributed by atoms with van der Waals surface area (Å²) in [6.07, 6.45) is 1.56. The molecule has 2 N–H and O–H groups in total. The van der Waals surface area contributed by atoms with E-state index in [1.807, 2.05) is 18.2 Å². The van der Waals surface area contributed by atoms with Gasteiger partial charge in [-0.05, 0) is 49.9 Å². The summed E-state index contributed by atoms with van der Waals surface area (Å²) in [4.78, 5) is 14.4. The quantitative estimate of drug-likeness (QED) is 0.785. The molecule has 6 heteroatoms. The van der Waals surface area contributed by atoms with E-state index in [-0.39, 0.29) is 11.9 Å². The molecule has 2 rings (SSSR count). The molecule has 1 aromatic rings. The molecule has 1 aliphatic rings. The third-order valence-corrected chi connectivity index (χ3v) is 4.86. The average molecular weight is 350 g/mol. The topological polar surface area (TPSA) is 71.0 Å². The normalized spacial score (nSPS) is 22.3. The van der Waals surface area contributed by atoms with E-state index in [2.05, 4.69) is 17.1 Å². The van der Waals surface area contributed by atoms with Crippen molar-refractivity contribution in [2.75, 3.05) is 27.3 Å². The Bertz CT molecular complexity index is 577. The van der Waals surface area contributed by atoms with Crippen molar-refractivity contribution in [3.05, 3.63) is 23.8 Å². The van der Waals surface area contributed by atoms with Gasteiger partial charge < -0.3 is 19.9 Å². The molecule has 1 aliphatic heterocycles. The number of methoxy groups -OCH3 is 2. The highest BCUT2D eigenvalue weighted by Gasteiger charge is 2.30. The number of hydrogen-bond donors (Lipinski definition) is 2. The Kier molecular flexibility index (Phi) is 7.08. The summed E-state index contributed by atoms with van der Waals surface area (Å²) in [6.45, 7) is 5.60. The number of rotatable bonds is 7. The van der Waals surface area contributed by atoms with Gasteiger partial charge in [0, 0.05) is 12.6 Å². The first-order chi connectivity index (χ1) is 11.9. The van der Waals surface area contributed by atoms with Crippen molar-refractivity contribution in [1.29, 1.82) is 0 Å². The van der Waals surface area contributed by atoms with Crippen LogP contribution < -0.4 is 14.8 Å². The standard InChI is InChI=1S/C19H30N2O4/c1-13-7-8-21(16(9-13)14(2)22)12-19(23)20-11-15-5-6-17(24-3)18(10-15)25-4/h5-6,10,13-14,16,22H,7-9,11-12H2,1-4H3,(H,20,23)/t13-,14+,16-/m0/s1. The highest BCUT2D eigenvalue weighted by molar-refractivity contribution is 5.78. The fourth-order valence-corrected chi connectivity index (χ4v) is 3.36. The van der Waals surface area contributed by atoms with Crippen LogP contribution in [0, 0.1) is 5.92 Å². The highest BCUT2D eigenvalue weighted by atomic mass is 16.5. The Hall–Kier alpha value is -1.79. The number of benzene rings is 1. The Morgan fingerprint density at radius 1 is 1.36 bits per heavy atom. The van der Waals surface area contributed by atoms with Crippen molar-refractivity contribution in [2.45, 2.75) is 45.4 Å². The second-order valence-corrected chi connectivity index (χ2v) is 6.87. The van der Waals surface area contributed by atoms with Crippen molar-refractivity contribution < 1.29 is 19.4 Å². The predicted octanol–water partition coefficient (Wildman–Crippen LogP) is 1.80. The fourth-order valence-electron chi connectivity index (χ4n) is 3.36. The van der Waals surface area contributed by atoms with E-state index < -0.39 is 6.10 Å². The molecule has 1 heterocycles. The largest absolute Gasteiger partial charge is 0.493 e. The Morgan fingerprint density at radius 2 is 2.08 bits per heavy atom. The summed E-state index contributed by atoms with van der Waals surface area (Å²) in [7, 11) is 3.19. The van der Waals surface area contributed by atoms with Gasteiger partial charge in [-0.1, -0.05) is 13.0 Å². The number of aliphatic hydroxyl groups is 1. The molecular weight excluding hydrogens is 320 g/mol. The predicted molar refractivity (Wildman–Crippen MR) is 96.8 cm³/mol. The van der Waals surface area contributed by atoms with Gasteiger partial charge in [0.2, 0.25) is 5.91 Å². The average Bonchev–Trinajstić information content (AvgIpc) is 2.61. The zero-order chi connectivity index (χ0) is 18.4. The van der Waals surface area contributed by atoms with Gasteiger partial charge in [-0.2, -0.15) is 0 Å². The lowest BCUT2D eigenvalue weighted by Gasteiger charge is -2.39. The number of piperidine rings is 1. The van der Waals surface area contributed by atoms with Crippen molar-refractivity contribution >= 4 is 5.91 Å². The van der Waals surface area contributed by atoms with Crippen LogP contribution in [0.2, 0.25) is 0 Å². The van der Waals surface area contributed by atoms with Crippen LogP contribution in [0.15, 0.2) is 18.2 Å². The van der Waals surface area contributed by atoms with Gasteiger partial charge in [0.05, 0.1) is 26.9 Å². The Balaban J connectivity index is 1.90. The molecule has 1 aromatic carbocycles. The molecule has 6 nitrogen and oxygen atoms in total. The lowest BCUT2D eigenvalue weighted by Crippen LogP contribution is -2.51. The number of carbonyl (C=O) groups is 1. The van der Waals surface area contributed by atoms with E-state index in [0.29, 0.717) is 30.5 Å². The second kappa shape index (κ2) is 9.06. The first kappa shape index (κ1) is 19.5. The summed E-state index contributed by atoms with van der Waals surface area (Å²) < 4.78 is 10.5. The van der Waals surface area contributed by atoms with Gasteiger partial charge in [0.15, 0.2) is 11.5 Å². The van der Waals surface area contributed by atoms with E-state index in [0.717, 1.165) is 24.9 Å². The third kappa shape index (κ3) is 5.34. The molecule has 1 amide bonds. The number of likely N-dealkylation sites (tertiary alicyclic amines) is 1. The van der Waals surface area contributed by atoms with Gasteiger partial charge >= 0.3 is 0 Å². The van der Waals surface area contributed by atoms with Gasteiger partial charge in [0.25, 0.3) is 0 Å². The lowest BCUT2D eigenvalue weighted by atomic mass is 9.90. The van der Waals surface area contributed by atoms with Gasteiger partial charge in [0.1, 0.15) is 0 Å². The monoisotopic (exact) mass is 350 g/mol. The van der Waals surface area contributed by atoms with E-state index >= 15 is 0 Å². The summed E-state index contributed by atoms with van der Waals surface area (Å²) in [5.41, 5.74) is 0.949. The van der Waals surface area contributed by atoms with Crippen LogP contribution in [0.1, 0.15) is 32.3 Å². The summed E-state index contributed by atoms with van der Waals surface area (Å²) in [5, 5.41) is 12.9. The summed E-state index contributed by atoms with van der Waals surface area (Å²) in [6, 6.07) is 5.65. The summed E-state index contributed by atoms with van der Waals surface area (Å²) >= 11 is 0. The van der Waals surface area contributed by atoms with Crippen molar-refractivity contribution in [1.82, 2.24) is 10.2 Å². The lowest BCUT2D eigenvalue weighted by molar-refractivity contribution is -0.124. The minimum absolute atomic E-state index is 0.0324. The molecule has 3 atom stereocenters. The number of amides is 1. The van der Waals surface area contributed by atoms with E-state index in [4.69, 9.17) is 9.47 Å². The maximum absolute atomic E-state index is 12.3. The zero-order valence-electron chi connectivity index (χ0n) is 15.6. The maximum Gasteiger partial charge on any atom is 0.234 e. The smallest absolute Gasteiger partial charge is 0.234 e. The first-order valence-corrected chi connectivity index (χ1v) is 8.84. The van der Waals surface area contributed by atoms with Gasteiger partial charge in [-0.15, -0.1) is 0 Å². The molecule has 0 aliphatic carbocycles. The number of ether oxygens (including phenoxy) is 2. The summed E-state index contributed by atoms with van der Waals surface area (Å²) in [5.74, 6) is 1.87. The molecule has 0 radical (unpaired) electrons. The van der Waals surface area contributed by atoms with Crippen LogP contribution in [0.3, 0.4) is 0 Å². The van der Waals surface area contributed by atoms with E-state index in [9.17, 15) is 9.90 Å². The number of nitrogens with zero attached hydrogens (tertiary/aromatic N) is 1. The molecule has 25 heavy (non-hydrogen) atoms. The van der Waals surface area contributed by atoms with Crippen LogP contribution in [0.25, 0.3) is 0 Å². The number of aliphatic hydroxyl groups excluding tert-OH is 1. The first-order valence-electron chi connectivity index (χ1n) is 8.84. The maximum atomic E-state index is 12.3. The Morgan fingerprint density at radius 3 is 2.72 bits per heavy atom. The van der Waals surface area contributed by atoms with Crippen molar-refractivity contribution in [2.24, 2.45) is 5.92 Å². The van der Waals surface area contributed by atoms with E-state index in [1.54, 1.807) is 21.1 Å². The van der Waals surface area contributed by atoms with E-state index in [1.165, 1.54) is 0 Å². The van der Waals surface area contributed by atoms with Crippen LogP contribution in [0.5, 0.6) is 11.5 Å². The van der Waals surface area contributed by atoms with Crippen molar-refractivity contribution in [3.8, 4) is 11.5 Å². The number of carbonyl (C=O) groups excluding carboxylic acids is 1. The van der Waals surface area contributed by atoms with Gasteiger partial charge in [-0.25, -0.2) is 0 Å². The fraction of sp³-hybridized carbons (Fsp3) is 0.632. The molecular formula is C19H30N2O4. The molecule has 0 spiro atoms. The molecule has 0 unspecified atom stereocenters. The van der Waals surface area contributed by atoms with Crippen LogP contribution in [-0.2, 0) is 11.3 Å².